The Kier molecular flexibility index (Phi) is 3.35. The molecule has 1 saturated carbocycles. The standard InChI is InChI=1S/C16H18N2/c1-2-8-14(16-10-4-6-12-18-16)13(7-1)15-9-3-5-11-17-15/h3-6,9-14H,1-2,7-8H2. The third-order valence-corrected chi connectivity index (χ3v) is 3.90. The van der Waals surface area contributed by atoms with Crippen LogP contribution in [0, 0.1) is 0 Å². The highest BCUT2D eigenvalue weighted by Gasteiger charge is 2.29. The van der Waals surface area contributed by atoms with E-state index in [2.05, 4.69) is 34.2 Å². The van der Waals surface area contributed by atoms with E-state index in [4.69, 9.17) is 0 Å². The predicted octanol–water partition coefficient (Wildman–Crippen LogP) is 3.92. The van der Waals surface area contributed by atoms with Crippen molar-refractivity contribution in [1.29, 1.82) is 0 Å². The summed E-state index contributed by atoms with van der Waals surface area (Å²) in [6.07, 6.45) is 8.89. The Morgan fingerprint density at radius 3 is 1.61 bits per heavy atom. The van der Waals surface area contributed by atoms with Gasteiger partial charge >= 0.3 is 0 Å². The second kappa shape index (κ2) is 5.30. The molecule has 2 nitrogen and oxygen atoms in total. The van der Waals surface area contributed by atoms with Crippen LogP contribution in [0.4, 0.5) is 0 Å². The van der Waals surface area contributed by atoms with Crippen LogP contribution in [-0.4, -0.2) is 9.97 Å². The van der Waals surface area contributed by atoms with Crippen molar-refractivity contribution in [2.24, 2.45) is 0 Å². The van der Waals surface area contributed by atoms with Crippen molar-refractivity contribution in [1.82, 2.24) is 9.97 Å². The van der Waals surface area contributed by atoms with E-state index in [0.717, 1.165) is 0 Å². The van der Waals surface area contributed by atoms with Crippen molar-refractivity contribution in [2.45, 2.75) is 37.5 Å². The van der Waals surface area contributed by atoms with Crippen molar-refractivity contribution in [3.8, 4) is 0 Å². The Hall–Kier alpha value is -1.70. The zero-order valence-electron chi connectivity index (χ0n) is 10.5. The van der Waals surface area contributed by atoms with Gasteiger partial charge in [0.15, 0.2) is 0 Å². The third-order valence-electron chi connectivity index (χ3n) is 3.90. The fraction of sp³-hybridized carbons (Fsp3) is 0.375. The van der Waals surface area contributed by atoms with Gasteiger partial charge in [-0.15, -0.1) is 0 Å². The highest BCUT2D eigenvalue weighted by atomic mass is 14.7. The molecule has 0 radical (unpaired) electrons. The zero-order chi connectivity index (χ0) is 12.2. The van der Waals surface area contributed by atoms with Gasteiger partial charge in [0, 0.05) is 35.6 Å². The number of rotatable bonds is 2. The smallest absolute Gasteiger partial charge is 0.0441 e. The Bertz CT molecular complexity index is 433. The Balaban J connectivity index is 1.92. The molecule has 1 fully saturated rings. The molecule has 92 valence electrons. The first-order chi connectivity index (χ1) is 8.95. The number of pyridine rings is 2. The molecular formula is C16H18N2. The van der Waals surface area contributed by atoms with Crippen LogP contribution < -0.4 is 0 Å². The largest absolute Gasteiger partial charge is 0.261 e. The van der Waals surface area contributed by atoms with Crippen molar-refractivity contribution in [2.75, 3.05) is 0 Å². The van der Waals surface area contributed by atoms with Crippen LogP contribution in [0.1, 0.15) is 48.9 Å². The van der Waals surface area contributed by atoms with E-state index >= 15 is 0 Å². The van der Waals surface area contributed by atoms with Crippen LogP contribution in [0.2, 0.25) is 0 Å². The van der Waals surface area contributed by atoms with E-state index in [0.29, 0.717) is 11.8 Å². The van der Waals surface area contributed by atoms with Crippen LogP contribution in [0.5, 0.6) is 0 Å². The number of hydrogen-bond donors (Lipinski definition) is 0. The highest BCUT2D eigenvalue weighted by molar-refractivity contribution is 5.20. The Morgan fingerprint density at radius 1 is 0.722 bits per heavy atom. The maximum Gasteiger partial charge on any atom is 0.0441 e. The average molecular weight is 238 g/mol. The molecule has 0 amide bonds. The summed E-state index contributed by atoms with van der Waals surface area (Å²) in [6, 6.07) is 12.5. The fourth-order valence-corrected chi connectivity index (χ4v) is 3.03. The van der Waals surface area contributed by atoms with E-state index in [-0.39, 0.29) is 0 Å². The lowest BCUT2D eigenvalue weighted by atomic mass is 9.75. The molecular weight excluding hydrogens is 220 g/mol. The first-order valence-electron chi connectivity index (χ1n) is 6.77. The van der Waals surface area contributed by atoms with Gasteiger partial charge in [0.2, 0.25) is 0 Å². The molecule has 0 N–H and O–H groups in total. The van der Waals surface area contributed by atoms with Gasteiger partial charge in [-0.05, 0) is 37.1 Å². The number of aromatic nitrogens is 2. The van der Waals surface area contributed by atoms with E-state index in [1.54, 1.807) is 0 Å². The summed E-state index contributed by atoms with van der Waals surface area (Å²) < 4.78 is 0. The predicted molar refractivity (Wildman–Crippen MR) is 72.4 cm³/mol. The minimum absolute atomic E-state index is 0.537. The number of nitrogens with zero attached hydrogens (tertiary/aromatic N) is 2. The van der Waals surface area contributed by atoms with E-state index in [9.17, 15) is 0 Å². The van der Waals surface area contributed by atoms with Gasteiger partial charge in [-0.2, -0.15) is 0 Å². The molecule has 0 aromatic carbocycles. The molecule has 2 heterocycles. The van der Waals surface area contributed by atoms with Crippen LogP contribution in [0.15, 0.2) is 48.8 Å². The summed E-state index contributed by atoms with van der Waals surface area (Å²) in [5.74, 6) is 1.07. The zero-order valence-corrected chi connectivity index (χ0v) is 10.5. The monoisotopic (exact) mass is 238 g/mol. The van der Waals surface area contributed by atoms with Crippen molar-refractivity contribution in [3.05, 3.63) is 60.2 Å². The lowest BCUT2D eigenvalue weighted by Crippen LogP contribution is -2.18. The third kappa shape index (κ3) is 2.28. The van der Waals surface area contributed by atoms with Crippen molar-refractivity contribution < 1.29 is 0 Å². The van der Waals surface area contributed by atoms with Crippen LogP contribution in [0.3, 0.4) is 0 Å². The fourth-order valence-electron chi connectivity index (χ4n) is 3.03. The summed E-state index contributed by atoms with van der Waals surface area (Å²) in [5, 5.41) is 0. The highest BCUT2D eigenvalue weighted by Crippen LogP contribution is 2.42. The van der Waals surface area contributed by atoms with Crippen LogP contribution in [-0.2, 0) is 0 Å². The Labute approximate surface area is 108 Å². The lowest BCUT2D eigenvalue weighted by molar-refractivity contribution is 0.374. The molecule has 0 spiro atoms. The van der Waals surface area contributed by atoms with Crippen molar-refractivity contribution in [3.63, 3.8) is 0 Å². The van der Waals surface area contributed by atoms with Crippen LogP contribution in [0.25, 0.3) is 0 Å². The van der Waals surface area contributed by atoms with E-state index < -0.39 is 0 Å². The molecule has 2 aromatic heterocycles. The summed E-state index contributed by atoms with van der Waals surface area (Å²) in [5.41, 5.74) is 2.46. The molecule has 0 saturated heterocycles. The maximum atomic E-state index is 4.55. The molecule has 2 unspecified atom stereocenters. The first kappa shape index (κ1) is 11.4. The Morgan fingerprint density at radius 2 is 1.22 bits per heavy atom. The SMILES string of the molecule is c1ccc(C2CCCCC2c2ccccn2)nc1. The first-order valence-corrected chi connectivity index (χ1v) is 6.77. The molecule has 1 aliphatic rings. The summed E-state index contributed by atoms with van der Waals surface area (Å²) in [7, 11) is 0. The van der Waals surface area contributed by atoms with Gasteiger partial charge in [-0.1, -0.05) is 25.0 Å². The minimum Gasteiger partial charge on any atom is -0.261 e. The minimum atomic E-state index is 0.537. The normalized spacial score (nSPS) is 23.8. The van der Waals surface area contributed by atoms with Gasteiger partial charge in [0.25, 0.3) is 0 Å². The summed E-state index contributed by atoms with van der Waals surface area (Å²) in [6.45, 7) is 0. The molecule has 2 heteroatoms. The van der Waals surface area contributed by atoms with Crippen molar-refractivity contribution >= 4 is 0 Å². The quantitative estimate of drug-likeness (QED) is 0.792. The molecule has 2 atom stereocenters. The van der Waals surface area contributed by atoms with Gasteiger partial charge in [-0.3, -0.25) is 9.97 Å². The molecule has 18 heavy (non-hydrogen) atoms. The lowest BCUT2D eigenvalue weighted by Gasteiger charge is -2.30. The summed E-state index contributed by atoms with van der Waals surface area (Å²) in [4.78, 5) is 9.10. The molecule has 0 bridgehead atoms. The molecule has 0 aliphatic heterocycles. The average Bonchev–Trinajstić information content (AvgIpc) is 2.49. The number of hydrogen-bond acceptors (Lipinski definition) is 2. The molecule has 3 rings (SSSR count). The van der Waals surface area contributed by atoms with Gasteiger partial charge < -0.3 is 0 Å². The molecule has 1 aliphatic carbocycles. The topological polar surface area (TPSA) is 25.8 Å². The second-order valence-electron chi connectivity index (χ2n) is 5.01. The van der Waals surface area contributed by atoms with Gasteiger partial charge in [0.05, 0.1) is 0 Å². The second-order valence-corrected chi connectivity index (χ2v) is 5.01. The van der Waals surface area contributed by atoms with Gasteiger partial charge in [-0.25, -0.2) is 0 Å². The maximum absolute atomic E-state index is 4.55. The van der Waals surface area contributed by atoms with E-state index in [1.165, 1.54) is 37.1 Å². The van der Waals surface area contributed by atoms with Crippen LogP contribution >= 0.6 is 0 Å². The summed E-state index contributed by atoms with van der Waals surface area (Å²) >= 11 is 0. The van der Waals surface area contributed by atoms with Gasteiger partial charge in [0.1, 0.15) is 0 Å². The molecule has 2 aromatic rings. The van der Waals surface area contributed by atoms with E-state index in [1.807, 2.05) is 24.5 Å².